The SMILES string of the molecule is CCCC/C=C(\[Se]c1ccccc1)c1ccc(Cl)cc1. The van der Waals surface area contributed by atoms with E-state index in [4.69, 9.17) is 11.6 Å². The standard InChI is InChI=1S/C18H19ClSe/c1-2-3-5-10-18(15-11-13-16(19)14-12-15)20-17-8-6-4-7-9-17/h4,6-14H,2-3,5H2,1H3/b18-10-. The summed E-state index contributed by atoms with van der Waals surface area (Å²) < 4.78 is 2.87. The molecule has 2 heteroatoms. The molecule has 0 saturated heterocycles. The van der Waals surface area contributed by atoms with Crippen LogP contribution in [0.3, 0.4) is 0 Å². The number of benzene rings is 2. The average Bonchev–Trinajstić information content (AvgIpc) is 2.48. The van der Waals surface area contributed by atoms with Gasteiger partial charge in [-0.25, -0.2) is 0 Å². The quantitative estimate of drug-likeness (QED) is 0.514. The van der Waals surface area contributed by atoms with E-state index in [0.29, 0.717) is 15.0 Å². The van der Waals surface area contributed by atoms with Gasteiger partial charge < -0.3 is 0 Å². The summed E-state index contributed by atoms with van der Waals surface area (Å²) in [4.78, 5) is 0. The minimum atomic E-state index is 0.350. The molecule has 0 bridgehead atoms. The molecule has 0 fully saturated rings. The van der Waals surface area contributed by atoms with Crippen LogP contribution in [0.25, 0.3) is 4.47 Å². The number of hydrogen-bond donors (Lipinski definition) is 0. The van der Waals surface area contributed by atoms with Crippen molar-refractivity contribution in [2.75, 3.05) is 0 Å². The molecule has 2 aromatic rings. The summed E-state index contributed by atoms with van der Waals surface area (Å²) in [6, 6.07) is 18.9. The zero-order valence-electron chi connectivity index (χ0n) is 11.7. The monoisotopic (exact) mass is 350 g/mol. The van der Waals surface area contributed by atoms with Crippen molar-refractivity contribution >= 4 is 35.5 Å². The molecule has 0 aliphatic carbocycles. The van der Waals surface area contributed by atoms with E-state index < -0.39 is 0 Å². The van der Waals surface area contributed by atoms with Crippen LogP contribution in [0, 0.1) is 0 Å². The summed E-state index contributed by atoms with van der Waals surface area (Å²) in [6.45, 7) is 2.23. The molecule has 0 spiro atoms. The predicted molar refractivity (Wildman–Crippen MR) is 90.8 cm³/mol. The molecular weight excluding hydrogens is 331 g/mol. The van der Waals surface area contributed by atoms with Crippen molar-refractivity contribution in [3.05, 3.63) is 71.3 Å². The van der Waals surface area contributed by atoms with Gasteiger partial charge in [0.05, 0.1) is 0 Å². The molecule has 0 aliphatic heterocycles. The Labute approximate surface area is 133 Å². The Morgan fingerprint density at radius 3 is 2.40 bits per heavy atom. The van der Waals surface area contributed by atoms with Gasteiger partial charge >= 0.3 is 133 Å². The van der Waals surface area contributed by atoms with Gasteiger partial charge in [-0.15, -0.1) is 0 Å². The van der Waals surface area contributed by atoms with Crippen LogP contribution in [0.2, 0.25) is 5.02 Å². The molecular formula is C18H19ClSe. The van der Waals surface area contributed by atoms with E-state index in [9.17, 15) is 0 Å². The Bertz CT molecular complexity index is 543. The minimum absolute atomic E-state index is 0.350. The van der Waals surface area contributed by atoms with Gasteiger partial charge in [-0.2, -0.15) is 0 Å². The summed E-state index contributed by atoms with van der Waals surface area (Å²) in [5.74, 6) is 0. The molecule has 0 nitrogen and oxygen atoms in total. The number of allylic oxidation sites excluding steroid dienone is 1. The van der Waals surface area contributed by atoms with Gasteiger partial charge in [0.25, 0.3) is 0 Å². The second-order valence-electron chi connectivity index (χ2n) is 4.63. The molecule has 0 radical (unpaired) electrons. The molecule has 20 heavy (non-hydrogen) atoms. The van der Waals surface area contributed by atoms with E-state index in [1.165, 1.54) is 27.3 Å². The Morgan fingerprint density at radius 1 is 1.05 bits per heavy atom. The third-order valence-electron chi connectivity index (χ3n) is 2.99. The van der Waals surface area contributed by atoms with Crippen molar-refractivity contribution in [1.29, 1.82) is 0 Å². The van der Waals surface area contributed by atoms with Crippen molar-refractivity contribution in [3.8, 4) is 0 Å². The molecule has 0 atom stereocenters. The third-order valence-corrected chi connectivity index (χ3v) is 5.61. The maximum atomic E-state index is 5.99. The van der Waals surface area contributed by atoms with Crippen LogP contribution in [0.1, 0.15) is 31.7 Å². The van der Waals surface area contributed by atoms with Gasteiger partial charge in [0.15, 0.2) is 0 Å². The first-order chi connectivity index (χ1) is 9.79. The second-order valence-corrected chi connectivity index (χ2v) is 7.41. The molecule has 2 aromatic carbocycles. The fraction of sp³-hybridized carbons (Fsp3) is 0.222. The van der Waals surface area contributed by atoms with Crippen LogP contribution in [-0.2, 0) is 0 Å². The fourth-order valence-corrected chi connectivity index (χ4v) is 4.11. The third kappa shape index (κ3) is 4.83. The Balaban J connectivity index is 2.20. The van der Waals surface area contributed by atoms with Crippen LogP contribution >= 0.6 is 11.6 Å². The van der Waals surface area contributed by atoms with Gasteiger partial charge in [-0.1, -0.05) is 0 Å². The second kappa shape index (κ2) is 8.32. The average molecular weight is 350 g/mol. The van der Waals surface area contributed by atoms with Crippen molar-refractivity contribution < 1.29 is 0 Å². The first kappa shape index (κ1) is 15.4. The van der Waals surface area contributed by atoms with E-state index in [-0.39, 0.29) is 0 Å². The first-order valence-electron chi connectivity index (χ1n) is 6.98. The van der Waals surface area contributed by atoms with Gasteiger partial charge in [-0.3, -0.25) is 0 Å². The topological polar surface area (TPSA) is 0 Å². The van der Waals surface area contributed by atoms with E-state index in [1.807, 2.05) is 12.1 Å². The zero-order valence-corrected chi connectivity index (χ0v) is 14.2. The van der Waals surface area contributed by atoms with Crippen molar-refractivity contribution in [3.63, 3.8) is 0 Å². The Morgan fingerprint density at radius 2 is 1.75 bits per heavy atom. The van der Waals surface area contributed by atoms with Crippen LogP contribution in [0.5, 0.6) is 0 Å². The van der Waals surface area contributed by atoms with Crippen LogP contribution in [-0.4, -0.2) is 15.0 Å². The van der Waals surface area contributed by atoms with E-state index in [0.717, 1.165) is 11.4 Å². The van der Waals surface area contributed by atoms with E-state index >= 15 is 0 Å². The molecule has 0 aliphatic rings. The summed E-state index contributed by atoms with van der Waals surface area (Å²) in [5, 5.41) is 0.800. The molecule has 0 saturated carbocycles. The predicted octanol–water partition coefficient (Wildman–Crippen LogP) is 4.90. The van der Waals surface area contributed by atoms with Crippen LogP contribution in [0.4, 0.5) is 0 Å². The summed E-state index contributed by atoms with van der Waals surface area (Å²) >= 11 is 6.34. The molecule has 0 amide bonds. The van der Waals surface area contributed by atoms with E-state index in [1.54, 1.807) is 0 Å². The van der Waals surface area contributed by atoms with Crippen molar-refractivity contribution in [2.24, 2.45) is 0 Å². The van der Waals surface area contributed by atoms with Gasteiger partial charge in [0, 0.05) is 0 Å². The first-order valence-corrected chi connectivity index (χ1v) is 9.07. The Hall–Kier alpha value is -1.01. The fourth-order valence-electron chi connectivity index (χ4n) is 1.89. The van der Waals surface area contributed by atoms with Crippen molar-refractivity contribution in [2.45, 2.75) is 26.2 Å². The number of halogens is 1. The van der Waals surface area contributed by atoms with Crippen molar-refractivity contribution in [1.82, 2.24) is 0 Å². The molecule has 0 aromatic heterocycles. The molecule has 104 valence electrons. The number of hydrogen-bond acceptors (Lipinski definition) is 0. The molecule has 0 N–H and O–H groups in total. The molecule has 2 rings (SSSR count). The van der Waals surface area contributed by atoms with Gasteiger partial charge in [0.2, 0.25) is 0 Å². The molecule has 0 unspecified atom stereocenters. The normalized spacial score (nSPS) is 11.6. The van der Waals surface area contributed by atoms with Crippen LogP contribution < -0.4 is 4.46 Å². The Kier molecular flexibility index (Phi) is 6.39. The zero-order chi connectivity index (χ0) is 14.2. The maximum absolute atomic E-state index is 5.99. The number of rotatable bonds is 6. The summed E-state index contributed by atoms with van der Waals surface area (Å²) in [7, 11) is 0. The summed E-state index contributed by atoms with van der Waals surface area (Å²) in [5.41, 5.74) is 1.30. The molecule has 0 heterocycles. The van der Waals surface area contributed by atoms with Crippen LogP contribution in [0.15, 0.2) is 60.7 Å². The summed E-state index contributed by atoms with van der Waals surface area (Å²) in [6.07, 6.45) is 6.05. The number of unbranched alkanes of at least 4 members (excludes halogenated alkanes) is 2. The van der Waals surface area contributed by atoms with Gasteiger partial charge in [0.1, 0.15) is 0 Å². The van der Waals surface area contributed by atoms with Gasteiger partial charge in [-0.05, 0) is 0 Å². The van der Waals surface area contributed by atoms with E-state index in [2.05, 4.69) is 55.5 Å².